The minimum absolute atomic E-state index is 0.273. The number of halogens is 2. The summed E-state index contributed by atoms with van der Waals surface area (Å²) in [6.45, 7) is 2.14. The summed E-state index contributed by atoms with van der Waals surface area (Å²) in [5, 5.41) is 2.97. The molecule has 1 atom stereocenters. The minimum atomic E-state index is -0.733. The number of rotatable bonds is 9. The second-order valence-corrected chi connectivity index (χ2v) is 13.4. The van der Waals surface area contributed by atoms with Gasteiger partial charge in [-0.1, -0.05) is 69.7 Å². The number of amides is 1. The molecule has 0 saturated heterocycles. The van der Waals surface area contributed by atoms with Gasteiger partial charge in [-0.15, -0.1) is 0 Å². The van der Waals surface area contributed by atoms with E-state index in [2.05, 4.69) is 37.2 Å². The zero-order valence-electron chi connectivity index (χ0n) is 25.6. The summed E-state index contributed by atoms with van der Waals surface area (Å²) in [4.78, 5) is 33.3. The number of benzene rings is 4. The summed E-state index contributed by atoms with van der Waals surface area (Å²) in [6.07, 6.45) is 1.79. The van der Waals surface area contributed by atoms with E-state index in [9.17, 15) is 9.59 Å². The number of aromatic nitrogens is 1. The minimum Gasteiger partial charge on any atom is -0.497 e. The molecule has 1 aliphatic heterocycles. The number of allylic oxidation sites excluding steroid dienone is 1. The standard InChI is InChI=1S/C36H29Br2N3O5S/c1-21-31(34(42)40-26-9-5-4-6-10-26)32(24-8-7-11-27(19-24)44-2)41-35(43)30(47-36(41)39-21)18-23-16-28(38)33(29(17-23)45-3)46-20-22-12-14-25(37)15-13-22/h4-19,32H,20H2,1-3H3,(H,40,42)/b30-18-/t32-/m0/s1. The molecule has 5 aromatic rings. The van der Waals surface area contributed by atoms with Crippen LogP contribution in [0.4, 0.5) is 5.69 Å². The Morgan fingerprint density at radius 3 is 2.47 bits per heavy atom. The lowest BCUT2D eigenvalue weighted by molar-refractivity contribution is -0.113. The molecule has 0 fully saturated rings. The van der Waals surface area contributed by atoms with Crippen LogP contribution in [0.25, 0.3) is 6.08 Å². The first-order valence-corrected chi connectivity index (χ1v) is 16.9. The van der Waals surface area contributed by atoms with Crippen molar-refractivity contribution in [3.05, 3.63) is 148 Å². The van der Waals surface area contributed by atoms with Gasteiger partial charge in [0.1, 0.15) is 12.4 Å². The molecule has 0 spiro atoms. The Bertz CT molecular complexity index is 2180. The molecule has 0 saturated carbocycles. The Hall–Kier alpha value is -4.45. The molecule has 6 rings (SSSR count). The van der Waals surface area contributed by atoms with Gasteiger partial charge < -0.3 is 19.5 Å². The molecule has 1 amide bonds. The highest BCUT2D eigenvalue weighted by Crippen LogP contribution is 2.38. The molecule has 11 heteroatoms. The average molecular weight is 776 g/mol. The Morgan fingerprint density at radius 2 is 1.74 bits per heavy atom. The monoisotopic (exact) mass is 773 g/mol. The van der Waals surface area contributed by atoms with E-state index in [4.69, 9.17) is 19.2 Å². The number of thiazole rings is 1. The number of hydrogen-bond acceptors (Lipinski definition) is 7. The van der Waals surface area contributed by atoms with Gasteiger partial charge in [0.2, 0.25) is 0 Å². The van der Waals surface area contributed by atoms with Crippen LogP contribution < -0.4 is 34.4 Å². The second kappa shape index (κ2) is 14.1. The number of carbonyl (C=O) groups excluding carboxylic acids is 1. The Balaban J connectivity index is 1.41. The maximum Gasteiger partial charge on any atom is 0.271 e. The molecule has 1 aromatic heterocycles. The van der Waals surface area contributed by atoms with Crippen LogP contribution in [0.2, 0.25) is 0 Å². The lowest BCUT2D eigenvalue weighted by atomic mass is 9.95. The third-order valence-electron chi connectivity index (χ3n) is 7.55. The number of methoxy groups -OCH3 is 2. The van der Waals surface area contributed by atoms with Crippen LogP contribution in [0.3, 0.4) is 0 Å². The molecule has 8 nitrogen and oxygen atoms in total. The van der Waals surface area contributed by atoms with Gasteiger partial charge in [0, 0.05) is 10.2 Å². The highest BCUT2D eigenvalue weighted by molar-refractivity contribution is 9.10. The number of fused-ring (bicyclic) bond motifs is 1. The number of nitrogens with zero attached hydrogens (tertiary/aromatic N) is 2. The molecular weight excluding hydrogens is 746 g/mol. The molecule has 2 heterocycles. The van der Waals surface area contributed by atoms with Crippen LogP contribution in [0.15, 0.2) is 121 Å². The zero-order chi connectivity index (χ0) is 33.1. The number of nitrogens with one attached hydrogen (secondary N) is 1. The van der Waals surface area contributed by atoms with E-state index in [1.165, 1.54) is 11.3 Å². The highest BCUT2D eigenvalue weighted by atomic mass is 79.9. The number of carbonyl (C=O) groups is 1. The maximum absolute atomic E-state index is 14.2. The van der Waals surface area contributed by atoms with Gasteiger partial charge in [0.05, 0.1) is 40.5 Å². The van der Waals surface area contributed by atoms with E-state index in [0.717, 1.165) is 21.2 Å². The molecule has 0 radical (unpaired) electrons. The number of para-hydroxylation sites is 1. The zero-order valence-corrected chi connectivity index (χ0v) is 29.6. The molecule has 1 aliphatic rings. The van der Waals surface area contributed by atoms with Gasteiger partial charge in [-0.05, 0) is 94.2 Å². The van der Waals surface area contributed by atoms with Crippen molar-refractivity contribution in [2.45, 2.75) is 19.6 Å². The topological polar surface area (TPSA) is 91.2 Å². The van der Waals surface area contributed by atoms with Crippen LogP contribution in [-0.2, 0) is 11.4 Å². The van der Waals surface area contributed by atoms with Crippen molar-refractivity contribution >= 4 is 60.9 Å². The van der Waals surface area contributed by atoms with Gasteiger partial charge in [0.15, 0.2) is 16.3 Å². The van der Waals surface area contributed by atoms with Crippen LogP contribution in [-0.4, -0.2) is 24.7 Å². The smallest absolute Gasteiger partial charge is 0.271 e. The predicted molar refractivity (Wildman–Crippen MR) is 191 cm³/mol. The molecule has 0 unspecified atom stereocenters. The van der Waals surface area contributed by atoms with Gasteiger partial charge in [-0.2, -0.15) is 0 Å². The van der Waals surface area contributed by atoms with Crippen molar-refractivity contribution in [3.8, 4) is 17.2 Å². The fourth-order valence-corrected chi connectivity index (χ4v) is 7.19. The fourth-order valence-electron chi connectivity index (χ4n) is 5.31. The quantitative estimate of drug-likeness (QED) is 0.174. The molecule has 47 heavy (non-hydrogen) atoms. The Morgan fingerprint density at radius 1 is 0.979 bits per heavy atom. The normalized spacial score (nSPS) is 14.3. The van der Waals surface area contributed by atoms with E-state index >= 15 is 0 Å². The van der Waals surface area contributed by atoms with E-state index in [1.807, 2.05) is 91.0 Å². The summed E-state index contributed by atoms with van der Waals surface area (Å²) in [5.74, 6) is 1.34. The van der Waals surface area contributed by atoms with Crippen molar-refractivity contribution in [3.63, 3.8) is 0 Å². The lowest BCUT2D eigenvalue weighted by Crippen LogP contribution is -2.40. The van der Waals surface area contributed by atoms with Crippen molar-refractivity contribution in [1.82, 2.24) is 4.57 Å². The largest absolute Gasteiger partial charge is 0.497 e. The Kier molecular flexibility index (Phi) is 9.76. The highest BCUT2D eigenvalue weighted by Gasteiger charge is 2.33. The predicted octanol–water partition coefficient (Wildman–Crippen LogP) is 7.00. The van der Waals surface area contributed by atoms with E-state index in [-0.39, 0.29) is 11.5 Å². The first-order valence-electron chi connectivity index (χ1n) is 14.5. The number of hydrogen-bond donors (Lipinski definition) is 1. The maximum atomic E-state index is 14.2. The molecule has 4 aromatic carbocycles. The molecule has 1 N–H and O–H groups in total. The van der Waals surface area contributed by atoms with Gasteiger partial charge in [-0.3, -0.25) is 14.2 Å². The van der Waals surface area contributed by atoms with Gasteiger partial charge in [0.25, 0.3) is 11.5 Å². The summed E-state index contributed by atoms with van der Waals surface area (Å²) >= 11 is 8.34. The first kappa shape index (κ1) is 32.5. The van der Waals surface area contributed by atoms with Crippen molar-refractivity contribution in [2.75, 3.05) is 19.5 Å². The lowest BCUT2D eigenvalue weighted by Gasteiger charge is -2.25. The number of ether oxygens (including phenoxy) is 3. The molecule has 0 aliphatic carbocycles. The van der Waals surface area contributed by atoms with Crippen molar-refractivity contribution in [1.29, 1.82) is 0 Å². The van der Waals surface area contributed by atoms with E-state index < -0.39 is 6.04 Å². The fraction of sp³-hybridized carbons (Fsp3) is 0.139. The van der Waals surface area contributed by atoms with Crippen molar-refractivity contribution in [2.24, 2.45) is 4.99 Å². The molecular formula is C36H29Br2N3O5S. The SMILES string of the molecule is COc1cccc([C@H]2C(C(=O)Nc3ccccc3)=C(C)N=c3s/c(=C\c4cc(Br)c(OCc5ccc(Br)cc5)c(OC)c4)c(=O)n32)c1. The summed E-state index contributed by atoms with van der Waals surface area (Å²) < 4.78 is 21.0. The van der Waals surface area contributed by atoms with Crippen LogP contribution in [0, 0.1) is 0 Å². The first-order chi connectivity index (χ1) is 22.7. The van der Waals surface area contributed by atoms with Gasteiger partial charge in [-0.25, -0.2) is 4.99 Å². The van der Waals surface area contributed by atoms with Crippen LogP contribution in [0.5, 0.6) is 17.2 Å². The van der Waals surface area contributed by atoms with Crippen LogP contribution in [0.1, 0.15) is 29.7 Å². The molecule has 0 bridgehead atoms. The summed E-state index contributed by atoms with van der Waals surface area (Å²) in [6, 6.07) is 27.4. The Labute approximate surface area is 291 Å². The van der Waals surface area contributed by atoms with Crippen molar-refractivity contribution < 1.29 is 19.0 Å². The van der Waals surface area contributed by atoms with E-state index in [1.54, 1.807) is 31.8 Å². The van der Waals surface area contributed by atoms with Crippen LogP contribution >= 0.6 is 43.2 Å². The summed E-state index contributed by atoms with van der Waals surface area (Å²) in [7, 11) is 3.16. The third kappa shape index (κ3) is 6.97. The summed E-state index contributed by atoms with van der Waals surface area (Å²) in [5.41, 5.74) is 3.72. The average Bonchev–Trinajstić information content (AvgIpc) is 3.37. The number of anilines is 1. The van der Waals surface area contributed by atoms with Gasteiger partial charge >= 0.3 is 0 Å². The second-order valence-electron chi connectivity index (χ2n) is 10.6. The molecule has 238 valence electrons. The van der Waals surface area contributed by atoms with E-state index in [0.29, 0.717) is 54.6 Å². The third-order valence-corrected chi connectivity index (χ3v) is 9.65.